The lowest BCUT2D eigenvalue weighted by molar-refractivity contribution is -0.122. The first-order valence-corrected chi connectivity index (χ1v) is 5.69. The summed E-state index contributed by atoms with van der Waals surface area (Å²) in [6.07, 6.45) is 2.94. The summed E-state index contributed by atoms with van der Waals surface area (Å²) in [4.78, 5) is 11.5. The highest BCUT2D eigenvalue weighted by molar-refractivity contribution is 6.31. The van der Waals surface area contributed by atoms with Crippen molar-refractivity contribution in [1.29, 1.82) is 0 Å². The van der Waals surface area contributed by atoms with Crippen LogP contribution in [0.15, 0.2) is 0 Å². The molecule has 4 heteroatoms. The summed E-state index contributed by atoms with van der Waals surface area (Å²) in [5, 5.41) is 2.37. The van der Waals surface area contributed by atoms with Gasteiger partial charge >= 0.3 is 0 Å². The lowest BCUT2D eigenvalue weighted by Gasteiger charge is -2.25. The molecule has 1 amide bonds. The van der Waals surface area contributed by atoms with Gasteiger partial charge in [-0.05, 0) is 19.3 Å². The number of carbonyl (C=O) groups excluding carboxylic acids is 1. The summed E-state index contributed by atoms with van der Waals surface area (Å²) in [5.74, 6) is 0.131. The van der Waals surface area contributed by atoms with Crippen molar-refractivity contribution >= 4 is 17.5 Å². The van der Waals surface area contributed by atoms with Gasteiger partial charge in [0.2, 0.25) is 5.91 Å². The van der Waals surface area contributed by atoms with Crippen LogP contribution in [0.3, 0.4) is 0 Å². The Balaban J connectivity index is 2.30. The van der Waals surface area contributed by atoms with E-state index in [1.807, 2.05) is 6.92 Å². The summed E-state index contributed by atoms with van der Waals surface area (Å²) < 4.78 is 5.29. The number of hydrogen-bond acceptors (Lipinski definition) is 2. The monoisotopic (exact) mass is 219 g/mol. The SMILES string of the molecule is CCCNC(=O)C(Cl)C1CCCOC1. The Morgan fingerprint density at radius 1 is 1.71 bits per heavy atom. The smallest absolute Gasteiger partial charge is 0.238 e. The number of hydrogen-bond donors (Lipinski definition) is 1. The summed E-state index contributed by atoms with van der Waals surface area (Å²) in [5.41, 5.74) is 0. The second kappa shape index (κ2) is 6.25. The van der Waals surface area contributed by atoms with Crippen molar-refractivity contribution in [3.63, 3.8) is 0 Å². The van der Waals surface area contributed by atoms with Gasteiger partial charge in [-0.3, -0.25) is 4.79 Å². The Morgan fingerprint density at radius 3 is 3.07 bits per heavy atom. The molecule has 0 radical (unpaired) electrons. The Kier molecular flexibility index (Phi) is 5.26. The number of carbonyl (C=O) groups is 1. The highest BCUT2D eigenvalue weighted by Gasteiger charge is 2.27. The van der Waals surface area contributed by atoms with Crippen LogP contribution in [0, 0.1) is 5.92 Å². The van der Waals surface area contributed by atoms with Crippen molar-refractivity contribution < 1.29 is 9.53 Å². The molecular formula is C10H18ClNO2. The van der Waals surface area contributed by atoms with E-state index in [0.717, 1.165) is 25.9 Å². The van der Waals surface area contributed by atoms with Crippen molar-refractivity contribution in [3.8, 4) is 0 Å². The molecule has 1 heterocycles. The molecule has 0 saturated carbocycles. The summed E-state index contributed by atoms with van der Waals surface area (Å²) in [6, 6.07) is 0. The highest BCUT2D eigenvalue weighted by Crippen LogP contribution is 2.21. The Morgan fingerprint density at radius 2 is 2.50 bits per heavy atom. The molecule has 0 aromatic rings. The van der Waals surface area contributed by atoms with E-state index >= 15 is 0 Å². The molecule has 0 bridgehead atoms. The first kappa shape index (κ1) is 11.8. The van der Waals surface area contributed by atoms with E-state index in [1.54, 1.807) is 0 Å². The van der Waals surface area contributed by atoms with Gasteiger partial charge in [0.05, 0.1) is 6.61 Å². The van der Waals surface area contributed by atoms with Crippen LogP contribution >= 0.6 is 11.6 Å². The molecule has 1 N–H and O–H groups in total. The van der Waals surface area contributed by atoms with Gasteiger partial charge in [-0.2, -0.15) is 0 Å². The molecule has 0 aliphatic carbocycles. The average Bonchev–Trinajstić information content (AvgIpc) is 2.26. The van der Waals surface area contributed by atoms with E-state index in [9.17, 15) is 4.79 Å². The molecule has 1 saturated heterocycles. The number of amides is 1. The molecule has 3 nitrogen and oxygen atoms in total. The molecule has 1 aliphatic heterocycles. The predicted octanol–water partition coefficient (Wildman–Crippen LogP) is 1.55. The molecule has 1 fully saturated rings. The van der Waals surface area contributed by atoms with Gasteiger partial charge in [-0.1, -0.05) is 6.92 Å². The summed E-state index contributed by atoms with van der Waals surface area (Å²) in [6.45, 7) is 4.15. The van der Waals surface area contributed by atoms with Crippen LogP contribution in [0.25, 0.3) is 0 Å². The number of rotatable bonds is 4. The second-order valence-electron chi connectivity index (χ2n) is 3.67. The van der Waals surface area contributed by atoms with Crippen molar-refractivity contribution in [3.05, 3.63) is 0 Å². The first-order chi connectivity index (χ1) is 6.75. The van der Waals surface area contributed by atoms with Crippen LogP contribution in [0.5, 0.6) is 0 Å². The lowest BCUT2D eigenvalue weighted by Crippen LogP contribution is -2.39. The maximum absolute atomic E-state index is 11.5. The minimum atomic E-state index is -0.429. The summed E-state index contributed by atoms with van der Waals surface area (Å²) in [7, 11) is 0. The van der Waals surface area contributed by atoms with Crippen LogP contribution in [-0.2, 0) is 9.53 Å². The van der Waals surface area contributed by atoms with Gasteiger partial charge in [0.15, 0.2) is 0 Å². The fourth-order valence-corrected chi connectivity index (χ4v) is 1.83. The summed E-state index contributed by atoms with van der Waals surface area (Å²) >= 11 is 6.05. The fraction of sp³-hybridized carbons (Fsp3) is 0.900. The molecule has 0 aromatic carbocycles. The van der Waals surface area contributed by atoms with Crippen molar-refractivity contribution in [2.45, 2.75) is 31.6 Å². The minimum absolute atomic E-state index is 0.0518. The molecule has 2 unspecified atom stereocenters. The second-order valence-corrected chi connectivity index (χ2v) is 4.14. The van der Waals surface area contributed by atoms with Gasteiger partial charge in [0.1, 0.15) is 5.38 Å². The zero-order valence-corrected chi connectivity index (χ0v) is 9.35. The highest BCUT2D eigenvalue weighted by atomic mass is 35.5. The van der Waals surface area contributed by atoms with E-state index < -0.39 is 5.38 Å². The third-order valence-corrected chi connectivity index (χ3v) is 2.96. The largest absolute Gasteiger partial charge is 0.381 e. The maximum Gasteiger partial charge on any atom is 0.238 e. The Labute approximate surface area is 90.1 Å². The lowest BCUT2D eigenvalue weighted by atomic mass is 9.98. The standard InChI is InChI=1S/C10H18ClNO2/c1-2-5-12-10(13)9(11)8-4-3-6-14-7-8/h8-9H,2-7H2,1H3,(H,12,13). The molecule has 82 valence electrons. The van der Waals surface area contributed by atoms with Crippen LogP contribution in [0.1, 0.15) is 26.2 Å². The maximum atomic E-state index is 11.5. The van der Waals surface area contributed by atoms with Gasteiger partial charge in [0, 0.05) is 19.1 Å². The van der Waals surface area contributed by atoms with Crippen molar-refractivity contribution in [2.75, 3.05) is 19.8 Å². The molecular weight excluding hydrogens is 202 g/mol. The van der Waals surface area contributed by atoms with E-state index in [-0.39, 0.29) is 11.8 Å². The quantitative estimate of drug-likeness (QED) is 0.729. The number of halogens is 1. The van der Waals surface area contributed by atoms with E-state index in [1.165, 1.54) is 0 Å². The van der Waals surface area contributed by atoms with Crippen LogP contribution in [-0.4, -0.2) is 31.0 Å². The average molecular weight is 220 g/mol. The fourth-order valence-electron chi connectivity index (χ4n) is 1.56. The van der Waals surface area contributed by atoms with Crippen LogP contribution < -0.4 is 5.32 Å². The van der Waals surface area contributed by atoms with E-state index in [0.29, 0.717) is 13.2 Å². The molecule has 14 heavy (non-hydrogen) atoms. The van der Waals surface area contributed by atoms with Crippen LogP contribution in [0.2, 0.25) is 0 Å². The normalized spacial score (nSPS) is 24.3. The van der Waals surface area contributed by atoms with Gasteiger partial charge in [-0.25, -0.2) is 0 Å². The predicted molar refractivity (Wildman–Crippen MR) is 56.5 cm³/mol. The number of ether oxygens (including phenoxy) is 1. The van der Waals surface area contributed by atoms with Gasteiger partial charge < -0.3 is 10.1 Å². The zero-order valence-electron chi connectivity index (χ0n) is 8.59. The van der Waals surface area contributed by atoms with E-state index in [4.69, 9.17) is 16.3 Å². The third-order valence-electron chi connectivity index (χ3n) is 2.41. The molecule has 2 atom stereocenters. The minimum Gasteiger partial charge on any atom is -0.381 e. The third kappa shape index (κ3) is 3.46. The number of nitrogens with one attached hydrogen (secondary N) is 1. The topological polar surface area (TPSA) is 38.3 Å². The molecule has 0 aromatic heterocycles. The molecule has 1 rings (SSSR count). The Hall–Kier alpha value is -0.280. The first-order valence-electron chi connectivity index (χ1n) is 5.25. The zero-order chi connectivity index (χ0) is 10.4. The Bertz CT molecular complexity index is 181. The molecule has 1 aliphatic rings. The van der Waals surface area contributed by atoms with Crippen molar-refractivity contribution in [2.24, 2.45) is 5.92 Å². The van der Waals surface area contributed by atoms with Crippen LogP contribution in [0.4, 0.5) is 0 Å². The number of alkyl halides is 1. The van der Waals surface area contributed by atoms with Gasteiger partial charge in [0.25, 0.3) is 0 Å². The van der Waals surface area contributed by atoms with Gasteiger partial charge in [-0.15, -0.1) is 11.6 Å². The van der Waals surface area contributed by atoms with Crippen molar-refractivity contribution in [1.82, 2.24) is 5.32 Å². The molecule has 0 spiro atoms. The van der Waals surface area contributed by atoms with E-state index in [2.05, 4.69) is 5.32 Å².